The number of rotatable bonds is 6. The quantitative estimate of drug-likeness (QED) is 0.120. The zero-order valence-corrected chi connectivity index (χ0v) is 25.0. The number of hydrogen-bond acceptors (Lipinski definition) is 10. The highest BCUT2D eigenvalue weighted by Crippen LogP contribution is 2.49. The number of epoxide rings is 1. The van der Waals surface area contributed by atoms with Gasteiger partial charge in [0.25, 0.3) is 0 Å². The van der Waals surface area contributed by atoms with Crippen molar-refractivity contribution in [3.8, 4) is 0 Å². The van der Waals surface area contributed by atoms with Crippen LogP contribution in [0.5, 0.6) is 0 Å². The molecule has 10 nitrogen and oxygen atoms in total. The summed E-state index contributed by atoms with van der Waals surface area (Å²) in [6.45, 7) is 11.8. The third kappa shape index (κ3) is 6.96. The molecule has 0 amide bonds. The molecule has 0 spiro atoms. The van der Waals surface area contributed by atoms with Gasteiger partial charge in [0, 0.05) is 23.0 Å². The average Bonchev–Trinajstić information content (AvgIpc) is 3.44. The first-order valence-electron chi connectivity index (χ1n) is 15.3. The first-order valence-corrected chi connectivity index (χ1v) is 15.3. The van der Waals surface area contributed by atoms with Crippen molar-refractivity contribution in [3.63, 3.8) is 0 Å². The van der Waals surface area contributed by atoms with Crippen LogP contribution in [0, 0.1) is 17.8 Å². The molecule has 3 fully saturated rings. The predicted molar refractivity (Wildman–Crippen MR) is 153 cm³/mol. The summed E-state index contributed by atoms with van der Waals surface area (Å²) >= 11 is 0. The number of esters is 4. The zero-order valence-electron chi connectivity index (χ0n) is 25.0. The molecule has 3 aliphatic heterocycles. The number of carbonyl (C=O) groups excluding carboxylic acids is 4. The zero-order chi connectivity index (χ0) is 30.9. The molecule has 3 heterocycles. The van der Waals surface area contributed by atoms with Gasteiger partial charge < -0.3 is 28.8 Å². The minimum atomic E-state index is -0.765. The molecular weight excluding hydrogens is 556 g/mol. The SMILES string of the molecule is C=C1C(=O)O[C@@H]2[C@H](O)[C@@H](C)CC/C=C(/COC(=O)CC(=O)OC/C3=C/CC[C@@]4(C)O[C@H]4[C@H]4OC(=O)C(=C)[C@@H]4CC3)CC[C@@H]12. The Morgan fingerprint density at radius 3 is 2.05 bits per heavy atom. The van der Waals surface area contributed by atoms with Crippen LogP contribution in [0.15, 0.2) is 47.6 Å². The monoisotopic (exact) mass is 598 g/mol. The molecule has 8 atom stereocenters. The van der Waals surface area contributed by atoms with Gasteiger partial charge in [-0.1, -0.05) is 32.2 Å². The Kier molecular flexibility index (Phi) is 9.27. The van der Waals surface area contributed by atoms with Crippen LogP contribution in [-0.4, -0.2) is 72.2 Å². The normalized spacial score (nSPS) is 38.5. The third-order valence-corrected chi connectivity index (χ3v) is 9.67. The smallest absolute Gasteiger partial charge is 0.334 e. The van der Waals surface area contributed by atoms with Crippen LogP contribution >= 0.6 is 0 Å². The van der Waals surface area contributed by atoms with Crippen molar-refractivity contribution in [2.24, 2.45) is 17.8 Å². The van der Waals surface area contributed by atoms with Gasteiger partial charge in [0.2, 0.25) is 0 Å². The highest BCUT2D eigenvalue weighted by atomic mass is 16.6. The van der Waals surface area contributed by atoms with Crippen LogP contribution in [0.3, 0.4) is 0 Å². The van der Waals surface area contributed by atoms with Crippen molar-refractivity contribution in [1.29, 1.82) is 0 Å². The van der Waals surface area contributed by atoms with Gasteiger partial charge in [-0.2, -0.15) is 0 Å². The number of hydrogen-bond donors (Lipinski definition) is 1. The summed E-state index contributed by atoms with van der Waals surface area (Å²) in [6.07, 6.45) is 6.83. The standard InChI is InChI=1S/C33H42O10/c1-18-7-5-8-21(10-12-23-19(2)31(37)41-28(23)27(18)36)16-39-25(34)15-26(35)40-17-22-9-6-14-33(4)30(43-33)29-24(13-11-22)20(3)32(38)42-29/h8-9,18,23-24,27-30,36H,2-3,5-7,10-17H2,1,4H3/b21-8+,22-9+/t18-,23-,24-,27+,28-,29-,30-,33+/m0/s1. The Labute approximate surface area is 252 Å². The van der Waals surface area contributed by atoms with E-state index in [0.29, 0.717) is 49.7 Å². The minimum absolute atomic E-state index is 0.0297. The number of fused-ring (bicyclic) bond motifs is 4. The fraction of sp³-hybridized carbons (Fsp3) is 0.636. The maximum Gasteiger partial charge on any atom is 0.334 e. The first kappa shape index (κ1) is 31.2. The highest BCUT2D eigenvalue weighted by Gasteiger charge is 2.61. The summed E-state index contributed by atoms with van der Waals surface area (Å²) in [6, 6.07) is 0. The summed E-state index contributed by atoms with van der Waals surface area (Å²) in [4.78, 5) is 49.3. The topological polar surface area (TPSA) is 138 Å². The van der Waals surface area contributed by atoms with E-state index in [2.05, 4.69) is 13.2 Å². The van der Waals surface area contributed by atoms with Crippen LogP contribution in [0.1, 0.15) is 71.6 Å². The van der Waals surface area contributed by atoms with Crippen molar-refractivity contribution < 1.29 is 48.0 Å². The molecule has 0 bridgehead atoms. The Bertz CT molecular complexity index is 1250. The molecule has 3 saturated heterocycles. The van der Waals surface area contributed by atoms with Gasteiger partial charge in [0.1, 0.15) is 37.9 Å². The van der Waals surface area contributed by atoms with Gasteiger partial charge in [-0.3, -0.25) is 9.59 Å². The number of ether oxygens (including phenoxy) is 5. The maximum atomic E-state index is 12.5. The molecule has 0 radical (unpaired) electrons. The minimum Gasteiger partial charge on any atom is -0.461 e. The van der Waals surface area contributed by atoms with E-state index in [1.54, 1.807) is 0 Å². The van der Waals surface area contributed by atoms with Crippen molar-refractivity contribution >= 4 is 23.9 Å². The third-order valence-electron chi connectivity index (χ3n) is 9.67. The predicted octanol–water partition coefficient (Wildman–Crippen LogP) is 3.81. The Morgan fingerprint density at radius 1 is 0.907 bits per heavy atom. The van der Waals surface area contributed by atoms with E-state index in [0.717, 1.165) is 24.0 Å². The summed E-state index contributed by atoms with van der Waals surface area (Å²) in [7, 11) is 0. The van der Waals surface area contributed by atoms with Gasteiger partial charge in [0.05, 0.1) is 11.7 Å². The van der Waals surface area contributed by atoms with Crippen LogP contribution in [0.4, 0.5) is 0 Å². The second-order valence-corrected chi connectivity index (χ2v) is 12.7. The maximum absolute atomic E-state index is 12.5. The molecule has 0 aromatic heterocycles. The Balaban J connectivity index is 1.10. The van der Waals surface area contributed by atoms with Crippen LogP contribution in [0.25, 0.3) is 0 Å². The van der Waals surface area contributed by atoms with E-state index in [1.165, 1.54) is 0 Å². The van der Waals surface area contributed by atoms with Gasteiger partial charge in [-0.25, -0.2) is 9.59 Å². The molecule has 10 heteroatoms. The van der Waals surface area contributed by atoms with E-state index in [-0.39, 0.29) is 54.7 Å². The second-order valence-electron chi connectivity index (χ2n) is 12.7. The molecule has 234 valence electrons. The second kappa shape index (κ2) is 12.8. The van der Waals surface area contributed by atoms with Crippen LogP contribution < -0.4 is 0 Å². The largest absolute Gasteiger partial charge is 0.461 e. The Morgan fingerprint density at radius 2 is 1.44 bits per heavy atom. The molecule has 43 heavy (non-hydrogen) atoms. The number of aliphatic hydroxyl groups is 1. The van der Waals surface area contributed by atoms with Gasteiger partial charge in [-0.15, -0.1) is 0 Å². The van der Waals surface area contributed by atoms with E-state index in [4.69, 9.17) is 23.7 Å². The molecular formula is C33H42O10. The van der Waals surface area contributed by atoms with Crippen LogP contribution in [0.2, 0.25) is 0 Å². The molecule has 0 aromatic carbocycles. The molecule has 2 aliphatic carbocycles. The number of carbonyl (C=O) groups is 4. The van der Waals surface area contributed by atoms with E-state index < -0.39 is 36.5 Å². The lowest BCUT2D eigenvalue weighted by Crippen LogP contribution is -2.37. The first-order chi connectivity index (χ1) is 20.5. The van der Waals surface area contributed by atoms with Gasteiger partial charge >= 0.3 is 23.9 Å². The number of allylic oxidation sites excluding steroid dienone is 2. The lowest BCUT2D eigenvalue weighted by atomic mass is 9.82. The summed E-state index contributed by atoms with van der Waals surface area (Å²) in [5, 5.41) is 10.7. The molecule has 5 aliphatic rings. The lowest BCUT2D eigenvalue weighted by molar-refractivity contribution is -0.153. The molecule has 1 N–H and O–H groups in total. The van der Waals surface area contributed by atoms with Crippen molar-refractivity contribution in [1.82, 2.24) is 0 Å². The number of aliphatic hydroxyl groups excluding tert-OH is 1. The molecule has 5 rings (SSSR count). The van der Waals surface area contributed by atoms with Crippen molar-refractivity contribution in [2.45, 2.75) is 102 Å². The summed E-state index contributed by atoms with van der Waals surface area (Å²) in [5.74, 6) is -2.76. The molecule has 0 unspecified atom stereocenters. The summed E-state index contributed by atoms with van der Waals surface area (Å²) < 4.78 is 27.8. The van der Waals surface area contributed by atoms with E-state index in [1.807, 2.05) is 26.0 Å². The van der Waals surface area contributed by atoms with Crippen molar-refractivity contribution in [2.75, 3.05) is 13.2 Å². The Hall–Kier alpha value is -3.24. The average molecular weight is 599 g/mol. The van der Waals surface area contributed by atoms with Gasteiger partial charge in [-0.05, 0) is 75.4 Å². The van der Waals surface area contributed by atoms with Gasteiger partial charge in [0.15, 0.2) is 0 Å². The fourth-order valence-electron chi connectivity index (χ4n) is 6.71. The fourth-order valence-corrected chi connectivity index (χ4v) is 6.71. The van der Waals surface area contributed by atoms with Crippen molar-refractivity contribution in [3.05, 3.63) is 47.6 Å². The lowest BCUT2D eigenvalue weighted by Gasteiger charge is -2.28. The van der Waals surface area contributed by atoms with Crippen LogP contribution in [-0.2, 0) is 42.9 Å². The van der Waals surface area contributed by atoms with E-state index >= 15 is 0 Å². The molecule has 0 aromatic rings. The van der Waals surface area contributed by atoms with E-state index in [9.17, 15) is 24.3 Å². The molecule has 0 saturated carbocycles. The summed E-state index contributed by atoms with van der Waals surface area (Å²) in [5.41, 5.74) is 2.25. The highest BCUT2D eigenvalue weighted by molar-refractivity contribution is 5.92.